The molecule has 3 aromatic rings. The number of pyridine rings is 1. The quantitative estimate of drug-likeness (QED) is 0.440. The van der Waals surface area contributed by atoms with Gasteiger partial charge in [0.15, 0.2) is 0 Å². The molecule has 0 spiro atoms. The van der Waals surface area contributed by atoms with Crippen LogP contribution in [0.25, 0.3) is 0 Å². The summed E-state index contributed by atoms with van der Waals surface area (Å²) in [7, 11) is 0. The summed E-state index contributed by atoms with van der Waals surface area (Å²) in [5.41, 5.74) is 3.62. The van der Waals surface area contributed by atoms with Crippen molar-refractivity contribution in [1.29, 1.82) is 0 Å². The Morgan fingerprint density at radius 2 is 0.970 bits per heavy atom. The van der Waals surface area contributed by atoms with Crippen LogP contribution in [-0.2, 0) is 28.0 Å². The average Bonchev–Trinajstić information content (AvgIpc) is 3.38. The molecule has 5 rings (SSSR count). The minimum atomic E-state index is -0.103. The van der Waals surface area contributed by atoms with E-state index in [0.717, 1.165) is 11.1 Å². The van der Waals surface area contributed by atoms with E-state index in [0.29, 0.717) is 23.2 Å². The molecule has 0 fully saturated rings. The monoisotopic (exact) mass is 518 g/mol. The SMILES string of the molecule is CC1N=C(c2cccc(C3=NC(C)C(c4ccccc4)O3)n2)OC1c1ccccc1.[Cl-].[Cl-].[V+2]. The number of nitrogens with zero attached hydrogens (tertiary/aromatic N) is 3. The van der Waals surface area contributed by atoms with E-state index in [1.54, 1.807) is 0 Å². The molecule has 4 atom stereocenters. The maximum Gasteiger partial charge on any atom is 2.00 e. The van der Waals surface area contributed by atoms with Gasteiger partial charge >= 0.3 is 18.6 Å². The van der Waals surface area contributed by atoms with Crippen molar-refractivity contribution in [2.24, 2.45) is 9.98 Å². The Hall–Kier alpha value is -2.31. The van der Waals surface area contributed by atoms with E-state index in [4.69, 9.17) is 24.4 Å². The maximum absolute atomic E-state index is 6.18. The largest absolute Gasteiger partial charge is 2.00 e. The number of ether oxygens (including phenoxy) is 2. The Bertz CT molecular complexity index is 1030. The predicted molar refractivity (Wildman–Crippen MR) is 117 cm³/mol. The standard InChI is InChI=1S/C25H23N3O2.2ClH.V/c1-16-22(18-10-5-3-6-11-18)29-24(26-16)20-14-9-15-21(28-20)25-27-17(2)23(30-25)19-12-7-4-8-13-19;;;/h3-17,22-23H,1-2H3;2*1H;/q;;;+2/p-2. The van der Waals surface area contributed by atoms with Crippen LogP contribution in [0.4, 0.5) is 0 Å². The van der Waals surface area contributed by atoms with Crippen molar-refractivity contribution in [3.8, 4) is 0 Å². The van der Waals surface area contributed by atoms with E-state index in [1.807, 2.05) is 54.6 Å². The number of aromatic nitrogens is 1. The zero-order valence-corrected chi connectivity index (χ0v) is 21.1. The molecular formula is C25H23Cl2N3O2V. The predicted octanol–water partition coefficient (Wildman–Crippen LogP) is -1.10. The van der Waals surface area contributed by atoms with Gasteiger partial charge in [0.1, 0.15) is 23.6 Å². The van der Waals surface area contributed by atoms with Crippen LogP contribution in [0.5, 0.6) is 0 Å². The number of aliphatic imine (C=N–C) groups is 2. The van der Waals surface area contributed by atoms with Crippen molar-refractivity contribution in [2.45, 2.75) is 38.1 Å². The molecule has 4 unspecified atom stereocenters. The van der Waals surface area contributed by atoms with Crippen molar-refractivity contribution in [1.82, 2.24) is 4.98 Å². The average molecular weight is 519 g/mol. The van der Waals surface area contributed by atoms with Gasteiger partial charge in [-0.05, 0) is 37.1 Å². The number of halogens is 2. The fourth-order valence-electron chi connectivity index (χ4n) is 3.91. The van der Waals surface area contributed by atoms with Crippen molar-refractivity contribution in [3.63, 3.8) is 0 Å². The fourth-order valence-corrected chi connectivity index (χ4v) is 3.91. The van der Waals surface area contributed by atoms with Gasteiger partial charge in [-0.3, -0.25) is 0 Å². The molecule has 2 aromatic carbocycles. The third kappa shape index (κ3) is 5.61. The van der Waals surface area contributed by atoms with Gasteiger partial charge in [0.2, 0.25) is 11.8 Å². The van der Waals surface area contributed by atoms with Gasteiger partial charge in [0, 0.05) is 0 Å². The molecular weight excluding hydrogens is 496 g/mol. The number of rotatable bonds is 4. The van der Waals surface area contributed by atoms with Gasteiger partial charge in [0.25, 0.3) is 0 Å². The fraction of sp³-hybridized carbons (Fsp3) is 0.240. The van der Waals surface area contributed by atoms with Crippen LogP contribution in [0.15, 0.2) is 88.8 Å². The molecule has 33 heavy (non-hydrogen) atoms. The van der Waals surface area contributed by atoms with Gasteiger partial charge in [-0.15, -0.1) is 0 Å². The topological polar surface area (TPSA) is 56.1 Å². The summed E-state index contributed by atoms with van der Waals surface area (Å²) in [6.07, 6.45) is -0.205. The van der Waals surface area contributed by atoms with E-state index in [2.05, 4.69) is 38.1 Å². The first-order valence-electron chi connectivity index (χ1n) is 10.3. The summed E-state index contributed by atoms with van der Waals surface area (Å²) in [5.74, 6) is 1.12. The summed E-state index contributed by atoms with van der Waals surface area (Å²) in [6, 6.07) is 26.1. The minimum Gasteiger partial charge on any atom is -1.00 e. The third-order valence-electron chi connectivity index (χ3n) is 5.44. The van der Waals surface area contributed by atoms with Crippen molar-refractivity contribution < 1.29 is 52.8 Å². The van der Waals surface area contributed by atoms with Gasteiger partial charge in [0.05, 0.1) is 12.1 Å². The van der Waals surface area contributed by atoms with E-state index >= 15 is 0 Å². The van der Waals surface area contributed by atoms with Gasteiger partial charge in [-0.2, -0.15) is 0 Å². The molecule has 3 heterocycles. The van der Waals surface area contributed by atoms with E-state index in [9.17, 15) is 0 Å². The Kier molecular flexibility index (Phi) is 9.56. The molecule has 2 aliphatic heterocycles. The van der Waals surface area contributed by atoms with Crippen LogP contribution >= 0.6 is 0 Å². The van der Waals surface area contributed by atoms with Crippen LogP contribution in [0, 0.1) is 0 Å². The summed E-state index contributed by atoms with van der Waals surface area (Å²) in [6.45, 7) is 4.12. The summed E-state index contributed by atoms with van der Waals surface area (Å²) < 4.78 is 12.4. The second kappa shape index (κ2) is 11.7. The number of benzene rings is 2. The Morgan fingerprint density at radius 3 is 1.36 bits per heavy atom. The summed E-state index contributed by atoms with van der Waals surface area (Å²) in [4.78, 5) is 14.2. The Balaban J connectivity index is 0.00000128. The molecule has 8 heteroatoms. The van der Waals surface area contributed by atoms with Crippen molar-refractivity contribution in [3.05, 3.63) is 101 Å². The van der Waals surface area contributed by atoms with Crippen molar-refractivity contribution >= 4 is 11.8 Å². The summed E-state index contributed by atoms with van der Waals surface area (Å²) >= 11 is 0. The van der Waals surface area contributed by atoms with E-state index < -0.39 is 0 Å². The molecule has 0 saturated heterocycles. The van der Waals surface area contributed by atoms with Gasteiger partial charge in [-0.1, -0.05) is 66.7 Å². The first kappa shape index (κ1) is 26.9. The van der Waals surface area contributed by atoms with Crippen LogP contribution in [0.2, 0.25) is 0 Å². The molecule has 0 N–H and O–H groups in total. The Labute approximate surface area is 218 Å². The molecule has 5 nitrogen and oxygen atoms in total. The molecule has 0 aliphatic carbocycles. The molecule has 0 amide bonds. The second-order valence-electron chi connectivity index (χ2n) is 7.66. The molecule has 1 radical (unpaired) electrons. The minimum absolute atomic E-state index is 0. The second-order valence-corrected chi connectivity index (χ2v) is 7.66. The van der Waals surface area contributed by atoms with Gasteiger partial charge in [-0.25, -0.2) is 15.0 Å². The maximum atomic E-state index is 6.18. The van der Waals surface area contributed by atoms with Crippen LogP contribution in [0.1, 0.15) is 48.6 Å². The normalized spacial score (nSPS) is 23.0. The van der Waals surface area contributed by atoms with Crippen molar-refractivity contribution in [2.75, 3.05) is 0 Å². The first-order valence-corrected chi connectivity index (χ1v) is 10.3. The number of hydrogen-bond donors (Lipinski definition) is 0. The zero-order valence-electron chi connectivity index (χ0n) is 18.2. The zero-order chi connectivity index (χ0) is 20.5. The van der Waals surface area contributed by atoms with E-state index in [1.165, 1.54) is 0 Å². The van der Waals surface area contributed by atoms with Gasteiger partial charge < -0.3 is 34.3 Å². The molecule has 1 aromatic heterocycles. The van der Waals surface area contributed by atoms with Crippen LogP contribution < -0.4 is 24.8 Å². The smallest absolute Gasteiger partial charge is 1.00 e. The van der Waals surface area contributed by atoms with Crippen LogP contribution in [0.3, 0.4) is 0 Å². The molecule has 169 valence electrons. The van der Waals surface area contributed by atoms with E-state index in [-0.39, 0.29) is 67.7 Å². The van der Waals surface area contributed by atoms with Crippen LogP contribution in [-0.4, -0.2) is 28.9 Å². The summed E-state index contributed by atoms with van der Waals surface area (Å²) in [5, 5.41) is 0. The first-order chi connectivity index (χ1) is 14.7. The molecule has 0 saturated carbocycles. The molecule has 0 bridgehead atoms. The third-order valence-corrected chi connectivity index (χ3v) is 5.44. The number of hydrogen-bond acceptors (Lipinski definition) is 5. The Morgan fingerprint density at radius 1 is 0.576 bits per heavy atom. The molecule has 2 aliphatic rings.